The Morgan fingerprint density at radius 3 is 2.88 bits per heavy atom. The predicted octanol–water partition coefficient (Wildman–Crippen LogP) is 3.71. The zero-order valence-corrected chi connectivity index (χ0v) is 15.2. The summed E-state index contributed by atoms with van der Waals surface area (Å²) in [4.78, 5) is 16.2. The molecule has 0 saturated carbocycles. The fourth-order valence-corrected chi connectivity index (χ4v) is 2.97. The number of aryl methyl sites for hydroxylation is 1. The first-order chi connectivity index (χ1) is 12.8. The maximum absolute atomic E-state index is 11.9. The van der Waals surface area contributed by atoms with Gasteiger partial charge in [0.2, 0.25) is 17.6 Å². The van der Waals surface area contributed by atoms with Crippen LogP contribution in [0, 0.1) is 0 Å². The van der Waals surface area contributed by atoms with Crippen LogP contribution in [0.5, 0.6) is 5.75 Å². The molecule has 0 aliphatic carbocycles. The summed E-state index contributed by atoms with van der Waals surface area (Å²) in [5.41, 5.74) is 0.937. The van der Waals surface area contributed by atoms with Gasteiger partial charge in [-0.1, -0.05) is 23.4 Å². The Labute approximate surface area is 156 Å². The Balaban J connectivity index is 1.26. The van der Waals surface area contributed by atoms with E-state index in [0.717, 1.165) is 24.2 Å². The number of rotatable bonds is 10. The van der Waals surface area contributed by atoms with Crippen molar-refractivity contribution in [3.63, 3.8) is 0 Å². The highest BCUT2D eigenvalue weighted by atomic mass is 32.1. The molecule has 1 N–H and O–H groups in total. The van der Waals surface area contributed by atoms with Gasteiger partial charge in [-0.3, -0.25) is 4.79 Å². The molecular weight excluding hydrogens is 350 g/mol. The standard InChI is InChI=1S/C19H21N3O3S/c23-17(20-11-4-5-12-24-16-6-2-1-3-7-16)8-9-18-21-19(22-25-18)15-10-13-26-14-15/h1-3,6-7,10,13-14H,4-5,8-9,11-12H2,(H,20,23). The smallest absolute Gasteiger partial charge is 0.227 e. The minimum absolute atomic E-state index is 0.00994. The number of aromatic nitrogens is 2. The number of nitrogens with one attached hydrogen (secondary N) is 1. The molecule has 0 unspecified atom stereocenters. The first-order valence-electron chi connectivity index (χ1n) is 8.61. The number of unbranched alkanes of at least 4 members (excludes halogenated alkanes) is 1. The number of ether oxygens (including phenoxy) is 1. The van der Waals surface area contributed by atoms with Crippen molar-refractivity contribution in [3.8, 4) is 17.1 Å². The van der Waals surface area contributed by atoms with Crippen molar-refractivity contribution < 1.29 is 14.1 Å². The number of nitrogens with zero attached hydrogens (tertiary/aromatic N) is 2. The summed E-state index contributed by atoms with van der Waals surface area (Å²) in [5.74, 6) is 1.92. The largest absolute Gasteiger partial charge is 0.494 e. The van der Waals surface area contributed by atoms with E-state index in [0.29, 0.717) is 37.7 Å². The van der Waals surface area contributed by atoms with Gasteiger partial charge in [0.05, 0.1) is 6.61 Å². The molecule has 136 valence electrons. The van der Waals surface area contributed by atoms with Gasteiger partial charge in [-0.2, -0.15) is 16.3 Å². The Morgan fingerprint density at radius 1 is 1.19 bits per heavy atom. The van der Waals surface area contributed by atoms with Crippen LogP contribution in [0.4, 0.5) is 0 Å². The van der Waals surface area contributed by atoms with Crippen molar-refractivity contribution in [2.75, 3.05) is 13.2 Å². The molecule has 6 nitrogen and oxygen atoms in total. The van der Waals surface area contributed by atoms with E-state index in [4.69, 9.17) is 9.26 Å². The topological polar surface area (TPSA) is 77.2 Å². The Morgan fingerprint density at radius 2 is 2.08 bits per heavy atom. The molecule has 3 rings (SSSR count). The number of thiophene rings is 1. The Hall–Kier alpha value is -2.67. The number of carbonyl (C=O) groups excluding carboxylic acids is 1. The molecule has 2 heterocycles. The lowest BCUT2D eigenvalue weighted by molar-refractivity contribution is -0.121. The fraction of sp³-hybridized carbons (Fsp3) is 0.316. The van der Waals surface area contributed by atoms with E-state index in [1.807, 2.05) is 47.2 Å². The monoisotopic (exact) mass is 371 g/mol. The van der Waals surface area contributed by atoms with Crippen molar-refractivity contribution in [2.45, 2.75) is 25.7 Å². The molecular formula is C19H21N3O3S. The average molecular weight is 371 g/mol. The highest BCUT2D eigenvalue weighted by molar-refractivity contribution is 7.08. The fourth-order valence-electron chi connectivity index (χ4n) is 2.34. The van der Waals surface area contributed by atoms with E-state index >= 15 is 0 Å². The molecule has 7 heteroatoms. The van der Waals surface area contributed by atoms with E-state index < -0.39 is 0 Å². The molecule has 0 aliphatic rings. The van der Waals surface area contributed by atoms with E-state index in [-0.39, 0.29) is 5.91 Å². The van der Waals surface area contributed by atoms with Crippen LogP contribution in [-0.4, -0.2) is 29.2 Å². The van der Waals surface area contributed by atoms with Crippen molar-refractivity contribution in [1.29, 1.82) is 0 Å². The van der Waals surface area contributed by atoms with Gasteiger partial charge in [0, 0.05) is 30.3 Å². The molecule has 3 aromatic rings. The molecule has 0 bridgehead atoms. The second-order valence-electron chi connectivity index (χ2n) is 5.74. The number of carbonyl (C=O) groups is 1. The quantitative estimate of drug-likeness (QED) is 0.550. The van der Waals surface area contributed by atoms with E-state index in [2.05, 4.69) is 15.5 Å². The van der Waals surface area contributed by atoms with Gasteiger partial charge in [-0.05, 0) is 36.4 Å². The van der Waals surface area contributed by atoms with E-state index in [9.17, 15) is 4.79 Å². The van der Waals surface area contributed by atoms with Crippen LogP contribution >= 0.6 is 11.3 Å². The van der Waals surface area contributed by atoms with Gasteiger partial charge in [0.15, 0.2) is 0 Å². The van der Waals surface area contributed by atoms with Gasteiger partial charge < -0.3 is 14.6 Å². The molecule has 0 spiro atoms. The summed E-state index contributed by atoms with van der Waals surface area (Å²) >= 11 is 1.58. The van der Waals surface area contributed by atoms with Crippen LogP contribution in [0.15, 0.2) is 51.7 Å². The lowest BCUT2D eigenvalue weighted by Crippen LogP contribution is -2.25. The Kier molecular flexibility index (Phi) is 6.78. The molecule has 1 aromatic carbocycles. The zero-order chi connectivity index (χ0) is 18.0. The summed E-state index contributed by atoms with van der Waals surface area (Å²) < 4.78 is 10.8. The van der Waals surface area contributed by atoms with Gasteiger partial charge in [0.25, 0.3) is 0 Å². The number of amides is 1. The van der Waals surface area contributed by atoms with Gasteiger partial charge in [-0.15, -0.1) is 0 Å². The molecule has 0 aliphatic heterocycles. The van der Waals surface area contributed by atoms with Crippen LogP contribution in [-0.2, 0) is 11.2 Å². The van der Waals surface area contributed by atoms with Crippen molar-refractivity contribution in [1.82, 2.24) is 15.5 Å². The SMILES string of the molecule is O=C(CCc1nc(-c2ccsc2)no1)NCCCCOc1ccccc1. The predicted molar refractivity (Wildman–Crippen MR) is 100 cm³/mol. The van der Waals surface area contributed by atoms with Crippen LogP contribution in [0.3, 0.4) is 0 Å². The summed E-state index contributed by atoms with van der Waals surface area (Å²) in [6.07, 6.45) is 2.55. The second kappa shape index (κ2) is 9.72. The molecule has 0 atom stereocenters. The number of benzene rings is 1. The molecule has 0 fully saturated rings. The highest BCUT2D eigenvalue weighted by Gasteiger charge is 2.10. The second-order valence-corrected chi connectivity index (χ2v) is 6.52. The van der Waals surface area contributed by atoms with Gasteiger partial charge in [0.1, 0.15) is 5.75 Å². The Bertz CT molecular complexity index is 787. The third-order valence-corrected chi connectivity index (χ3v) is 4.40. The van der Waals surface area contributed by atoms with E-state index in [1.54, 1.807) is 11.3 Å². The molecule has 0 saturated heterocycles. The van der Waals surface area contributed by atoms with Gasteiger partial charge >= 0.3 is 0 Å². The van der Waals surface area contributed by atoms with Crippen LogP contribution in [0.2, 0.25) is 0 Å². The molecule has 0 radical (unpaired) electrons. The van der Waals surface area contributed by atoms with Crippen LogP contribution < -0.4 is 10.1 Å². The molecule has 2 aromatic heterocycles. The number of hydrogen-bond acceptors (Lipinski definition) is 6. The summed E-state index contributed by atoms with van der Waals surface area (Å²) in [6, 6.07) is 11.7. The minimum Gasteiger partial charge on any atom is -0.494 e. The molecule has 1 amide bonds. The van der Waals surface area contributed by atoms with Crippen molar-refractivity contribution in [2.24, 2.45) is 0 Å². The highest BCUT2D eigenvalue weighted by Crippen LogP contribution is 2.18. The number of hydrogen-bond donors (Lipinski definition) is 1. The van der Waals surface area contributed by atoms with Gasteiger partial charge in [-0.25, -0.2) is 0 Å². The average Bonchev–Trinajstić information content (AvgIpc) is 3.35. The van der Waals surface area contributed by atoms with Crippen molar-refractivity contribution >= 4 is 17.2 Å². The minimum atomic E-state index is -0.00994. The zero-order valence-electron chi connectivity index (χ0n) is 14.4. The molecule has 26 heavy (non-hydrogen) atoms. The van der Waals surface area contributed by atoms with Crippen LogP contribution in [0.25, 0.3) is 11.4 Å². The maximum Gasteiger partial charge on any atom is 0.227 e. The lowest BCUT2D eigenvalue weighted by atomic mass is 10.2. The third-order valence-electron chi connectivity index (χ3n) is 3.72. The van der Waals surface area contributed by atoms with Crippen LogP contribution in [0.1, 0.15) is 25.2 Å². The first kappa shape index (κ1) is 18.1. The lowest BCUT2D eigenvalue weighted by Gasteiger charge is -2.06. The third kappa shape index (κ3) is 5.70. The summed E-state index contributed by atoms with van der Waals surface area (Å²) in [6.45, 7) is 1.29. The maximum atomic E-state index is 11.9. The first-order valence-corrected chi connectivity index (χ1v) is 9.55. The summed E-state index contributed by atoms with van der Waals surface area (Å²) in [5, 5.41) is 10.8. The van der Waals surface area contributed by atoms with E-state index in [1.165, 1.54) is 0 Å². The normalized spacial score (nSPS) is 10.6. The number of para-hydroxylation sites is 1. The van der Waals surface area contributed by atoms with Crippen molar-refractivity contribution in [3.05, 3.63) is 53.0 Å². The summed E-state index contributed by atoms with van der Waals surface area (Å²) in [7, 11) is 0.